The number of carbonyl (C=O) groups is 3. The second kappa shape index (κ2) is 11.7. The van der Waals surface area contributed by atoms with Gasteiger partial charge in [0.05, 0.1) is 26.6 Å². The summed E-state index contributed by atoms with van der Waals surface area (Å²) in [5, 5.41) is 56.8. The number of rotatable bonds is 11. The highest BCUT2D eigenvalue weighted by molar-refractivity contribution is 5.98. The number of carboxylic acids is 2. The summed E-state index contributed by atoms with van der Waals surface area (Å²) in [7, 11) is 1.32. The van der Waals surface area contributed by atoms with Crippen molar-refractivity contribution in [2.75, 3.05) is 13.7 Å². The van der Waals surface area contributed by atoms with E-state index in [4.69, 9.17) is 24.4 Å². The van der Waals surface area contributed by atoms with Crippen molar-refractivity contribution in [1.29, 1.82) is 0 Å². The molecule has 5 atom stereocenters. The van der Waals surface area contributed by atoms with Crippen LogP contribution in [0.4, 0.5) is 0 Å². The van der Waals surface area contributed by atoms with Crippen LogP contribution in [0.5, 0.6) is 11.5 Å². The van der Waals surface area contributed by atoms with Gasteiger partial charge in [-0.3, -0.25) is 14.4 Å². The third-order valence-electron chi connectivity index (χ3n) is 4.96. The first-order chi connectivity index (χ1) is 15.6. The van der Waals surface area contributed by atoms with Gasteiger partial charge < -0.3 is 44.8 Å². The van der Waals surface area contributed by atoms with E-state index in [1.54, 1.807) is 0 Å². The Balaban J connectivity index is 2.16. The van der Waals surface area contributed by atoms with E-state index < -0.39 is 73.8 Å². The summed E-state index contributed by atoms with van der Waals surface area (Å²) < 4.78 is 16.1. The molecule has 1 fully saturated rings. The first kappa shape index (κ1) is 26.2. The topological polar surface area (TPSA) is 200 Å². The Morgan fingerprint density at radius 2 is 1.67 bits per heavy atom. The second-order valence-electron chi connectivity index (χ2n) is 7.35. The van der Waals surface area contributed by atoms with Gasteiger partial charge in [0.2, 0.25) is 6.29 Å². The average Bonchev–Trinajstić information content (AvgIpc) is 2.77. The predicted molar refractivity (Wildman–Crippen MR) is 109 cm³/mol. The average molecular weight is 470 g/mol. The number of allylic oxidation sites excluding steroid dienone is 1. The van der Waals surface area contributed by atoms with Gasteiger partial charge in [-0.1, -0.05) is 12.1 Å². The molecule has 0 unspecified atom stereocenters. The van der Waals surface area contributed by atoms with Crippen molar-refractivity contribution in [1.82, 2.24) is 0 Å². The van der Waals surface area contributed by atoms with Crippen LogP contribution >= 0.6 is 0 Å². The molecule has 33 heavy (non-hydrogen) atoms. The predicted octanol–water partition coefficient (Wildman–Crippen LogP) is -0.978. The zero-order valence-corrected chi connectivity index (χ0v) is 17.6. The molecule has 12 heteroatoms. The van der Waals surface area contributed by atoms with E-state index in [1.807, 2.05) is 0 Å². The van der Waals surface area contributed by atoms with Gasteiger partial charge in [0.25, 0.3) is 0 Å². The van der Waals surface area contributed by atoms with Gasteiger partial charge in [0.15, 0.2) is 17.3 Å². The van der Waals surface area contributed by atoms with E-state index in [-0.39, 0.29) is 11.5 Å². The van der Waals surface area contributed by atoms with Gasteiger partial charge in [-0.2, -0.15) is 0 Å². The third kappa shape index (κ3) is 6.97. The van der Waals surface area contributed by atoms with E-state index in [0.717, 1.165) is 6.08 Å². The molecule has 1 aliphatic heterocycles. The fourth-order valence-electron chi connectivity index (χ4n) is 3.18. The molecule has 0 amide bonds. The summed E-state index contributed by atoms with van der Waals surface area (Å²) in [5.41, 5.74) is 0.436. The molecular formula is C21H26O12. The fourth-order valence-corrected chi connectivity index (χ4v) is 3.18. The minimum Gasteiger partial charge on any atom is -0.493 e. The van der Waals surface area contributed by atoms with E-state index >= 15 is 0 Å². The SMILES string of the molecule is COc1cc(/C=C/C(=O)C(CC(=O)O)CC(=O)O)ccc1O[C@@H]1O[C@H](CO)[C@@H](O)[C@H](O)[C@H]1O. The summed E-state index contributed by atoms with van der Waals surface area (Å²) in [6.45, 7) is -0.621. The van der Waals surface area contributed by atoms with Crippen molar-refractivity contribution in [2.45, 2.75) is 43.5 Å². The summed E-state index contributed by atoms with van der Waals surface area (Å²) in [4.78, 5) is 34.0. The molecule has 0 saturated carbocycles. The molecule has 0 spiro atoms. The van der Waals surface area contributed by atoms with Crippen molar-refractivity contribution in [3.63, 3.8) is 0 Å². The van der Waals surface area contributed by atoms with Gasteiger partial charge in [-0.05, 0) is 23.8 Å². The zero-order valence-electron chi connectivity index (χ0n) is 17.6. The van der Waals surface area contributed by atoms with Gasteiger partial charge in [0, 0.05) is 5.92 Å². The normalized spacial score (nSPS) is 25.2. The minimum atomic E-state index is -1.62. The molecule has 1 aliphatic rings. The Morgan fingerprint density at radius 3 is 2.21 bits per heavy atom. The quantitative estimate of drug-likeness (QED) is 0.216. The molecule has 1 aromatic rings. The van der Waals surface area contributed by atoms with Crippen LogP contribution in [-0.4, -0.2) is 92.8 Å². The number of aliphatic carboxylic acids is 2. The molecule has 12 nitrogen and oxygen atoms in total. The number of aliphatic hydroxyl groups is 4. The summed E-state index contributed by atoms with van der Waals surface area (Å²) >= 11 is 0. The van der Waals surface area contributed by atoms with Crippen molar-refractivity contribution in [3.8, 4) is 11.5 Å². The van der Waals surface area contributed by atoms with Gasteiger partial charge >= 0.3 is 11.9 Å². The number of methoxy groups -OCH3 is 1. The molecule has 0 aliphatic carbocycles. The molecule has 2 rings (SSSR count). The largest absolute Gasteiger partial charge is 0.493 e. The van der Waals surface area contributed by atoms with Crippen LogP contribution in [0, 0.1) is 5.92 Å². The Morgan fingerprint density at radius 1 is 1.03 bits per heavy atom. The molecule has 6 N–H and O–H groups in total. The Kier molecular flexibility index (Phi) is 9.32. The molecule has 0 aromatic heterocycles. The molecule has 0 bridgehead atoms. The van der Waals surface area contributed by atoms with Crippen molar-refractivity contribution < 1.29 is 59.2 Å². The number of hydrogen-bond acceptors (Lipinski definition) is 10. The standard InChI is InChI=1S/C21H26O12/c1-31-14-6-10(2-4-12(23)11(7-16(24)25)8-17(26)27)3-5-13(14)32-21-20(30)19(29)18(28)15(9-22)33-21/h2-6,11,15,18-22,28-30H,7-9H2,1H3,(H,24,25)(H,26,27)/b4-2+/t15-,18-,19+,20-,21-/m1/s1. The summed E-state index contributed by atoms with van der Waals surface area (Å²) in [5.74, 6) is -4.24. The van der Waals surface area contributed by atoms with Crippen LogP contribution in [0.25, 0.3) is 6.08 Å². The lowest BCUT2D eigenvalue weighted by atomic mass is 9.95. The van der Waals surface area contributed by atoms with Crippen LogP contribution in [0.1, 0.15) is 18.4 Å². The third-order valence-corrected chi connectivity index (χ3v) is 4.96. The van der Waals surface area contributed by atoms with Gasteiger partial charge in [0.1, 0.15) is 24.4 Å². The molecule has 1 heterocycles. The molecule has 182 valence electrons. The van der Waals surface area contributed by atoms with E-state index in [2.05, 4.69) is 0 Å². The van der Waals surface area contributed by atoms with Crippen LogP contribution in [0.15, 0.2) is 24.3 Å². The van der Waals surface area contributed by atoms with Crippen LogP contribution in [0.3, 0.4) is 0 Å². The number of benzene rings is 1. The monoisotopic (exact) mass is 470 g/mol. The first-order valence-electron chi connectivity index (χ1n) is 9.88. The smallest absolute Gasteiger partial charge is 0.304 e. The van der Waals surface area contributed by atoms with E-state index in [0.29, 0.717) is 5.56 Å². The Hall–Kier alpha value is -3.03. The maximum absolute atomic E-state index is 12.2. The number of aliphatic hydroxyl groups excluding tert-OH is 4. The highest BCUT2D eigenvalue weighted by Crippen LogP contribution is 2.32. The number of hydrogen-bond donors (Lipinski definition) is 6. The van der Waals surface area contributed by atoms with E-state index in [1.165, 1.54) is 31.4 Å². The highest BCUT2D eigenvalue weighted by atomic mass is 16.7. The molecule has 1 aromatic carbocycles. The second-order valence-corrected chi connectivity index (χ2v) is 7.35. The lowest BCUT2D eigenvalue weighted by molar-refractivity contribution is -0.277. The maximum Gasteiger partial charge on any atom is 0.304 e. The van der Waals surface area contributed by atoms with Crippen molar-refractivity contribution in [2.24, 2.45) is 5.92 Å². The molecular weight excluding hydrogens is 444 g/mol. The van der Waals surface area contributed by atoms with Crippen molar-refractivity contribution in [3.05, 3.63) is 29.8 Å². The molecule has 0 radical (unpaired) electrons. The lowest BCUT2D eigenvalue weighted by Crippen LogP contribution is -2.60. The number of ether oxygens (including phenoxy) is 3. The summed E-state index contributed by atoms with van der Waals surface area (Å²) in [6.07, 6.45) is -6.18. The van der Waals surface area contributed by atoms with Gasteiger partial charge in [-0.15, -0.1) is 0 Å². The Labute approximate surface area is 188 Å². The Bertz CT molecular complexity index is 864. The number of ketones is 1. The zero-order chi connectivity index (χ0) is 24.7. The number of carbonyl (C=O) groups excluding carboxylic acids is 1. The molecule has 1 saturated heterocycles. The lowest BCUT2D eigenvalue weighted by Gasteiger charge is -2.39. The van der Waals surface area contributed by atoms with Gasteiger partial charge in [-0.25, -0.2) is 0 Å². The highest BCUT2D eigenvalue weighted by Gasteiger charge is 2.44. The van der Waals surface area contributed by atoms with E-state index in [9.17, 15) is 34.8 Å². The first-order valence-corrected chi connectivity index (χ1v) is 9.88. The van der Waals surface area contributed by atoms with Crippen molar-refractivity contribution >= 4 is 23.8 Å². The van der Waals surface area contributed by atoms with Crippen LogP contribution < -0.4 is 9.47 Å². The maximum atomic E-state index is 12.2. The summed E-state index contributed by atoms with van der Waals surface area (Å²) in [6, 6.07) is 4.36. The fraction of sp³-hybridized carbons (Fsp3) is 0.476. The van der Waals surface area contributed by atoms with Crippen LogP contribution in [-0.2, 0) is 19.1 Å². The van der Waals surface area contributed by atoms with Crippen LogP contribution in [0.2, 0.25) is 0 Å². The minimum absolute atomic E-state index is 0.0833. The number of carboxylic acid groups (broad SMARTS) is 2.